The van der Waals surface area contributed by atoms with Gasteiger partial charge in [-0.25, -0.2) is 13.1 Å². The van der Waals surface area contributed by atoms with Crippen molar-refractivity contribution in [2.24, 2.45) is 17.0 Å². The Morgan fingerprint density at radius 2 is 1.48 bits per heavy atom. The van der Waals surface area contributed by atoms with Gasteiger partial charge in [-0.05, 0) is 82.2 Å². The van der Waals surface area contributed by atoms with Crippen LogP contribution in [0.3, 0.4) is 0 Å². The standard InChI is InChI=1S/C53H68N13O13S/c1-27(2)44(60-48(70)30(6)57-52(74)45(28(3)4)61-50(72)40-17-12-18-65(40)53(75)32(8)58-49(71)31(7)62-76)51(73)55-24-35(67)26-66-34(23-56-63-66)25-64(77)19-20-80(78,79)36-14-11-13-33(22-36)59-39-21-29(5)43(54)42-41(39)46(68)37-15-9-10-16-38(37)47(42)69/h9-11,13-16,21-23,27-28,30-32,35,40,44-45,59,67H,12,17-20,24-26,54H2,1-8H3,(H,55,73)(H,57,74)(H,58,71)(H,60,70)(H,61,72)/q-1. The van der Waals surface area contributed by atoms with Gasteiger partial charge in [-0.1, -0.05) is 68.4 Å². The molecular formula is C53H68N13O13S-. The van der Waals surface area contributed by atoms with Gasteiger partial charge in [-0.2, -0.15) is 0 Å². The molecule has 1 fully saturated rings. The van der Waals surface area contributed by atoms with Crippen LogP contribution in [0.15, 0.2) is 70.9 Å². The summed E-state index contributed by atoms with van der Waals surface area (Å²) in [6, 6.07) is 7.10. The summed E-state index contributed by atoms with van der Waals surface area (Å²) in [5, 5.41) is 51.0. The lowest BCUT2D eigenvalue weighted by atomic mass is 9.81. The number of sulfone groups is 1. The quantitative estimate of drug-likeness (QED) is 0.0232. The van der Waals surface area contributed by atoms with E-state index in [-0.39, 0.29) is 82.5 Å². The Hall–Kier alpha value is -8.01. The third kappa shape index (κ3) is 14.4. The Morgan fingerprint density at radius 3 is 2.12 bits per heavy atom. The number of aliphatic hydroxyl groups is 1. The van der Waals surface area contributed by atoms with Gasteiger partial charge in [0, 0.05) is 48.7 Å². The van der Waals surface area contributed by atoms with Crippen LogP contribution in [-0.2, 0) is 51.7 Å². The van der Waals surface area contributed by atoms with Gasteiger partial charge in [0.05, 0.1) is 52.0 Å². The van der Waals surface area contributed by atoms with Gasteiger partial charge in [0.2, 0.25) is 35.4 Å². The third-order valence-electron chi connectivity index (χ3n) is 13.8. The Morgan fingerprint density at radius 1 is 0.838 bits per heavy atom. The number of fused-ring (bicyclic) bond motifs is 2. The number of carbonyl (C=O) groups is 8. The number of hydrogen-bond donors (Lipinski definition) is 8. The van der Waals surface area contributed by atoms with E-state index in [0.717, 1.165) is 0 Å². The SMILES string of the molecule is Cc1cc(Nc2cccc(S(=O)(=O)CCN([O-])Cc3cnnn3CC(O)CNC(=O)C(NC(=O)C(C)NC(=O)C(NC(=O)C3CCCN3C(=O)C(C)NC(=O)C(C)N=O)C(C)C)C(C)C)c2)c2c(c1N)C(=O)c1ccccc1C2=O. The molecule has 80 heavy (non-hydrogen) atoms. The van der Waals surface area contributed by atoms with Gasteiger partial charge in [0.1, 0.15) is 30.2 Å². The molecule has 6 amide bonds. The summed E-state index contributed by atoms with van der Waals surface area (Å²) in [4.78, 5) is 119. The molecule has 7 atom stereocenters. The average molecular weight is 1130 g/mol. The van der Waals surface area contributed by atoms with Crippen LogP contribution < -0.4 is 37.6 Å². The van der Waals surface area contributed by atoms with E-state index < -0.39 is 123 Å². The minimum Gasteiger partial charge on any atom is -0.785 e. The number of amides is 6. The molecule has 1 aromatic heterocycles. The first-order chi connectivity index (χ1) is 37.7. The molecule has 0 saturated carbocycles. The Bertz CT molecular complexity index is 3150. The van der Waals surface area contributed by atoms with Crippen molar-refractivity contribution in [3.05, 3.63) is 104 Å². The maximum Gasteiger partial charge on any atom is 0.248 e. The van der Waals surface area contributed by atoms with Crippen molar-refractivity contribution in [3.8, 4) is 0 Å². The molecule has 0 radical (unpaired) electrons. The number of hydrogen-bond acceptors (Lipinski definition) is 19. The van der Waals surface area contributed by atoms with Crippen LogP contribution in [0.4, 0.5) is 17.1 Å². The second-order valence-electron chi connectivity index (χ2n) is 20.6. The van der Waals surface area contributed by atoms with Crippen molar-refractivity contribution < 1.29 is 51.9 Å². The number of aryl methyl sites for hydroxylation is 1. The summed E-state index contributed by atoms with van der Waals surface area (Å²) < 4.78 is 28.4. The number of nitroso groups, excluding NO2 is 1. The molecule has 3 aromatic carbocycles. The van der Waals surface area contributed by atoms with Gasteiger partial charge in [0.15, 0.2) is 27.4 Å². The smallest absolute Gasteiger partial charge is 0.248 e. The molecule has 430 valence electrons. The van der Waals surface area contributed by atoms with Crippen molar-refractivity contribution in [1.82, 2.24) is 51.5 Å². The van der Waals surface area contributed by atoms with E-state index in [1.54, 1.807) is 71.0 Å². The molecule has 9 N–H and O–H groups in total. The number of ketones is 2. The molecule has 2 heterocycles. The van der Waals surface area contributed by atoms with Crippen LogP contribution in [0.1, 0.15) is 104 Å². The molecular weight excluding hydrogens is 1060 g/mol. The molecule has 0 spiro atoms. The first kappa shape index (κ1) is 61.2. The number of hydroxylamine groups is 2. The number of aliphatic hydroxyl groups excluding tert-OH is 1. The Labute approximate surface area is 462 Å². The maximum atomic E-state index is 13.7. The topological polar surface area (TPSA) is 379 Å². The van der Waals surface area contributed by atoms with Crippen LogP contribution in [0, 0.1) is 28.9 Å². The van der Waals surface area contributed by atoms with Gasteiger partial charge < -0.3 is 57.9 Å². The molecule has 4 aromatic rings. The predicted molar refractivity (Wildman–Crippen MR) is 292 cm³/mol. The van der Waals surface area contributed by atoms with E-state index in [1.165, 1.54) is 54.7 Å². The second kappa shape index (κ2) is 26.3. The van der Waals surface area contributed by atoms with Crippen LogP contribution in [0.5, 0.6) is 0 Å². The first-order valence-electron chi connectivity index (χ1n) is 26.0. The number of nitrogen functional groups attached to an aromatic ring is 1. The molecule has 1 aliphatic heterocycles. The fraction of sp³-hybridized carbons (Fsp3) is 0.472. The molecule has 26 nitrogen and oxygen atoms in total. The fourth-order valence-corrected chi connectivity index (χ4v) is 10.5. The summed E-state index contributed by atoms with van der Waals surface area (Å²) in [6.45, 7) is 11.3. The van der Waals surface area contributed by atoms with Crippen LogP contribution >= 0.6 is 0 Å². The number of nitrogens with one attached hydrogen (secondary N) is 6. The van der Waals surface area contributed by atoms with Gasteiger partial charge in [-0.15, -0.1) is 10.0 Å². The number of rotatable bonds is 25. The van der Waals surface area contributed by atoms with Crippen molar-refractivity contribution in [2.45, 2.75) is 129 Å². The second-order valence-corrected chi connectivity index (χ2v) is 22.8. The largest absolute Gasteiger partial charge is 0.785 e. The molecule has 7 unspecified atom stereocenters. The van der Waals surface area contributed by atoms with Crippen molar-refractivity contribution in [2.75, 3.05) is 36.4 Å². The number of nitrogens with two attached hydrogens (primary N) is 1. The highest BCUT2D eigenvalue weighted by Crippen LogP contribution is 2.38. The highest BCUT2D eigenvalue weighted by atomic mass is 32.2. The normalized spacial score (nSPS) is 16.4. The predicted octanol–water partition coefficient (Wildman–Crippen LogP) is 1.38. The van der Waals surface area contributed by atoms with E-state index in [0.29, 0.717) is 17.0 Å². The highest BCUT2D eigenvalue weighted by Gasteiger charge is 2.40. The first-order valence-corrected chi connectivity index (χ1v) is 27.7. The van der Waals surface area contributed by atoms with Crippen LogP contribution in [0.25, 0.3) is 0 Å². The number of aromatic nitrogens is 3. The number of nitrogens with zero attached hydrogens (tertiary/aromatic N) is 6. The summed E-state index contributed by atoms with van der Waals surface area (Å²) in [5.74, 6) is -6.40. The highest BCUT2D eigenvalue weighted by molar-refractivity contribution is 7.91. The minimum absolute atomic E-state index is 0.0589. The lowest BCUT2D eigenvalue weighted by molar-refractivity contribution is -0.142. The zero-order valence-electron chi connectivity index (χ0n) is 45.6. The van der Waals surface area contributed by atoms with E-state index >= 15 is 0 Å². The van der Waals surface area contributed by atoms with E-state index in [4.69, 9.17) is 5.73 Å². The number of likely N-dealkylation sites (tertiary alicyclic amines) is 1. The lowest BCUT2D eigenvalue weighted by Gasteiger charge is -2.30. The van der Waals surface area contributed by atoms with Gasteiger partial charge >= 0.3 is 0 Å². The fourth-order valence-electron chi connectivity index (χ4n) is 9.18. The van der Waals surface area contributed by atoms with E-state index in [2.05, 4.69) is 47.4 Å². The molecule has 1 saturated heterocycles. The summed E-state index contributed by atoms with van der Waals surface area (Å²) >= 11 is 0. The van der Waals surface area contributed by atoms with Crippen LogP contribution in [0.2, 0.25) is 0 Å². The van der Waals surface area contributed by atoms with E-state index in [1.807, 2.05) is 0 Å². The molecule has 6 rings (SSSR count). The zero-order chi connectivity index (χ0) is 58.9. The van der Waals surface area contributed by atoms with Crippen LogP contribution in [-0.4, -0.2) is 153 Å². The third-order valence-corrected chi connectivity index (χ3v) is 15.5. The van der Waals surface area contributed by atoms with E-state index in [9.17, 15) is 62.0 Å². The molecule has 2 aliphatic rings. The maximum absolute atomic E-state index is 13.7. The van der Waals surface area contributed by atoms with Gasteiger partial charge in [-0.3, -0.25) is 38.4 Å². The van der Waals surface area contributed by atoms with Crippen molar-refractivity contribution >= 4 is 73.9 Å². The molecule has 0 bridgehead atoms. The van der Waals surface area contributed by atoms with Crippen molar-refractivity contribution in [1.29, 1.82) is 0 Å². The summed E-state index contributed by atoms with van der Waals surface area (Å²) in [6.07, 6.45) is 0.750. The average Bonchev–Trinajstić information content (AvgIpc) is 4.24. The molecule has 27 heteroatoms. The zero-order valence-corrected chi connectivity index (χ0v) is 46.5. The lowest BCUT2D eigenvalue weighted by Crippen LogP contribution is -2.59. The monoisotopic (exact) mass is 1130 g/mol. The minimum atomic E-state index is -4.07. The number of anilines is 3. The van der Waals surface area contributed by atoms with Crippen molar-refractivity contribution in [3.63, 3.8) is 0 Å². The Balaban J connectivity index is 0.975. The number of carbonyl (C=O) groups excluding carboxylic acids is 8. The summed E-state index contributed by atoms with van der Waals surface area (Å²) in [7, 11) is -4.07. The number of benzene rings is 3. The Kier molecular flexibility index (Phi) is 20.1. The summed E-state index contributed by atoms with van der Waals surface area (Å²) in [5.41, 5.74) is 8.35. The van der Waals surface area contributed by atoms with Gasteiger partial charge in [0.25, 0.3) is 0 Å². The molecule has 1 aliphatic carbocycles.